The van der Waals surface area contributed by atoms with Gasteiger partial charge in [-0.05, 0) is 18.8 Å². The molecular formula is C25H51. The van der Waals surface area contributed by atoms with Crippen LogP contribution in [0.3, 0.4) is 0 Å². The van der Waals surface area contributed by atoms with E-state index in [0.717, 1.165) is 5.92 Å². The summed E-state index contributed by atoms with van der Waals surface area (Å²) in [6.45, 7) is 6.95. The summed E-state index contributed by atoms with van der Waals surface area (Å²) in [4.78, 5) is 0. The highest BCUT2D eigenvalue weighted by molar-refractivity contribution is 4.72. The van der Waals surface area contributed by atoms with Crippen LogP contribution >= 0.6 is 0 Å². The summed E-state index contributed by atoms with van der Waals surface area (Å²) in [5, 5.41) is 0. The zero-order valence-electron chi connectivity index (χ0n) is 18.3. The van der Waals surface area contributed by atoms with Crippen molar-refractivity contribution in [2.45, 2.75) is 149 Å². The molecule has 0 unspecified atom stereocenters. The molecule has 0 nitrogen and oxygen atoms in total. The second-order valence-electron chi connectivity index (χ2n) is 8.35. The average Bonchev–Trinajstić information content (AvgIpc) is 2.62. The van der Waals surface area contributed by atoms with Crippen molar-refractivity contribution in [2.75, 3.05) is 0 Å². The SMILES string of the molecule is CCCCCCCCCCCC[CH]CC(CCCCC)CCCCC. The Morgan fingerprint density at radius 3 is 1.36 bits per heavy atom. The zero-order valence-corrected chi connectivity index (χ0v) is 18.3. The third kappa shape index (κ3) is 20.2. The van der Waals surface area contributed by atoms with Crippen LogP contribution in [-0.2, 0) is 0 Å². The van der Waals surface area contributed by atoms with E-state index in [1.165, 1.54) is 128 Å². The van der Waals surface area contributed by atoms with Gasteiger partial charge in [0.2, 0.25) is 0 Å². The van der Waals surface area contributed by atoms with Crippen LogP contribution in [-0.4, -0.2) is 0 Å². The summed E-state index contributed by atoms with van der Waals surface area (Å²) in [5.74, 6) is 0.987. The average molecular weight is 352 g/mol. The van der Waals surface area contributed by atoms with Crippen LogP contribution in [0.25, 0.3) is 0 Å². The molecule has 0 aliphatic heterocycles. The van der Waals surface area contributed by atoms with Crippen molar-refractivity contribution >= 4 is 0 Å². The maximum Gasteiger partial charge on any atom is -0.0383 e. The van der Waals surface area contributed by atoms with Crippen LogP contribution in [0, 0.1) is 12.3 Å². The zero-order chi connectivity index (χ0) is 18.4. The van der Waals surface area contributed by atoms with E-state index in [2.05, 4.69) is 27.2 Å². The Balaban J connectivity index is 3.43. The predicted molar refractivity (Wildman–Crippen MR) is 117 cm³/mol. The summed E-state index contributed by atoms with van der Waals surface area (Å²) >= 11 is 0. The fraction of sp³-hybridized carbons (Fsp3) is 0.960. The molecule has 0 spiro atoms. The summed E-state index contributed by atoms with van der Waals surface area (Å²) in [7, 11) is 0. The fourth-order valence-corrected chi connectivity index (χ4v) is 3.88. The highest BCUT2D eigenvalue weighted by Crippen LogP contribution is 2.23. The van der Waals surface area contributed by atoms with Crippen LogP contribution in [0.15, 0.2) is 0 Å². The number of hydrogen-bond acceptors (Lipinski definition) is 0. The molecule has 1 radical (unpaired) electrons. The van der Waals surface area contributed by atoms with E-state index in [-0.39, 0.29) is 0 Å². The third-order valence-electron chi connectivity index (χ3n) is 5.69. The highest BCUT2D eigenvalue weighted by atomic mass is 14.1. The van der Waals surface area contributed by atoms with Crippen molar-refractivity contribution in [3.05, 3.63) is 6.42 Å². The topological polar surface area (TPSA) is 0 Å². The van der Waals surface area contributed by atoms with Crippen molar-refractivity contribution < 1.29 is 0 Å². The minimum Gasteiger partial charge on any atom is -0.0654 e. The molecular weight excluding hydrogens is 300 g/mol. The second-order valence-corrected chi connectivity index (χ2v) is 8.35. The first-order chi connectivity index (χ1) is 12.3. The molecule has 0 saturated heterocycles. The Kier molecular flexibility index (Phi) is 22.0. The molecule has 0 fully saturated rings. The van der Waals surface area contributed by atoms with E-state index in [1.807, 2.05) is 0 Å². The molecule has 0 amide bonds. The van der Waals surface area contributed by atoms with E-state index < -0.39 is 0 Å². The van der Waals surface area contributed by atoms with Crippen molar-refractivity contribution in [1.29, 1.82) is 0 Å². The smallest absolute Gasteiger partial charge is 0.0383 e. The summed E-state index contributed by atoms with van der Waals surface area (Å²) < 4.78 is 0. The van der Waals surface area contributed by atoms with Crippen molar-refractivity contribution in [3.8, 4) is 0 Å². The van der Waals surface area contributed by atoms with Crippen LogP contribution < -0.4 is 0 Å². The second kappa shape index (κ2) is 22.0. The molecule has 0 aliphatic carbocycles. The van der Waals surface area contributed by atoms with E-state index >= 15 is 0 Å². The Morgan fingerprint density at radius 1 is 0.480 bits per heavy atom. The van der Waals surface area contributed by atoms with Gasteiger partial charge in [0.05, 0.1) is 0 Å². The van der Waals surface area contributed by atoms with E-state index in [4.69, 9.17) is 0 Å². The van der Waals surface area contributed by atoms with Gasteiger partial charge in [0.1, 0.15) is 0 Å². The Labute approximate surface area is 161 Å². The Hall–Kier alpha value is 0. The monoisotopic (exact) mass is 351 g/mol. The molecule has 0 heterocycles. The van der Waals surface area contributed by atoms with Crippen LogP contribution in [0.1, 0.15) is 149 Å². The number of rotatable bonds is 21. The maximum absolute atomic E-state index is 2.63. The third-order valence-corrected chi connectivity index (χ3v) is 5.69. The Morgan fingerprint density at radius 2 is 0.880 bits per heavy atom. The van der Waals surface area contributed by atoms with Crippen molar-refractivity contribution in [2.24, 2.45) is 5.92 Å². The first-order valence-electron chi connectivity index (χ1n) is 12.2. The minimum atomic E-state index is 0.987. The molecule has 0 N–H and O–H groups in total. The molecule has 25 heavy (non-hydrogen) atoms. The summed E-state index contributed by atoms with van der Waals surface area (Å²) in [6.07, 6.45) is 31.4. The number of unbranched alkanes of at least 4 members (excludes halogenated alkanes) is 15. The van der Waals surface area contributed by atoms with Gasteiger partial charge in [-0.1, -0.05) is 143 Å². The van der Waals surface area contributed by atoms with Gasteiger partial charge in [0.25, 0.3) is 0 Å². The molecule has 0 aromatic carbocycles. The lowest BCUT2D eigenvalue weighted by molar-refractivity contribution is 0.400. The van der Waals surface area contributed by atoms with Crippen LogP contribution in [0.2, 0.25) is 0 Å². The molecule has 0 bridgehead atoms. The lowest BCUT2D eigenvalue weighted by Gasteiger charge is -2.16. The van der Waals surface area contributed by atoms with Gasteiger partial charge in [-0.15, -0.1) is 0 Å². The molecule has 0 aliphatic rings. The van der Waals surface area contributed by atoms with Gasteiger partial charge >= 0.3 is 0 Å². The predicted octanol–water partition coefficient (Wildman–Crippen LogP) is 9.67. The summed E-state index contributed by atoms with van der Waals surface area (Å²) in [6, 6.07) is 0. The van der Waals surface area contributed by atoms with Gasteiger partial charge in [0, 0.05) is 0 Å². The molecule has 0 rings (SSSR count). The first kappa shape index (κ1) is 25.0. The molecule has 0 heteroatoms. The first-order valence-corrected chi connectivity index (χ1v) is 12.2. The van der Waals surface area contributed by atoms with Gasteiger partial charge in [-0.2, -0.15) is 0 Å². The normalized spacial score (nSPS) is 11.5. The lowest BCUT2D eigenvalue weighted by Crippen LogP contribution is -2.01. The van der Waals surface area contributed by atoms with Crippen LogP contribution in [0.4, 0.5) is 0 Å². The summed E-state index contributed by atoms with van der Waals surface area (Å²) in [5.41, 5.74) is 0. The maximum atomic E-state index is 2.63. The van der Waals surface area contributed by atoms with E-state index in [0.29, 0.717) is 0 Å². The van der Waals surface area contributed by atoms with E-state index in [1.54, 1.807) is 0 Å². The molecule has 0 atom stereocenters. The molecule has 151 valence electrons. The fourth-order valence-electron chi connectivity index (χ4n) is 3.88. The molecule has 0 aromatic heterocycles. The Bertz CT molecular complexity index is 210. The molecule has 0 saturated carbocycles. The number of hydrogen-bond donors (Lipinski definition) is 0. The highest BCUT2D eigenvalue weighted by Gasteiger charge is 2.08. The van der Waals surface area contributed by atoms with E-state index in [9.17, 15) is 0 Å². The molecule has 0 aromatic rings. The van der Waals surface area contributed by atoms with Crippen molar-refractivity contribution in [1.82, 2.24) is 0 Å². The lowest BCUT2D eigenvalue weighted by atomic mass is 9.90. The van der Waals surface area contributed by atoms with Gasteiger partial charge in [-0.25, -0.2) is 0 Å². The van der Waals surface area contributed by atoms with Gasteiger partial charge in [-0.3, -0.25) is 0 Å². The van der Waals surface area contributed by atoms with Gasteiger partial charge in [0.15, 0.2) is 0 Å². The standard InChI is InChI=1S/C25H51/c1-4-7-10-11-12-13-14-15-16-17-18-21-24-25(22-19-8-5-2)23-20-9-6-3/h21,25H,4-20,22-24H2,1-3H3. The van der Waals surface area contributed by atoms with Gasteiger partial charge < -0.3 is 0 Å². The van der Waals surface area contributed by atoms with Crippen LogP contribution in [0.5, 0.6) is 0 Å². The minimum absolute atomic E-state index is 0.987. The quantitative estimate of drug-likeness (QED) is 0.180. The largest absolute Gasteiger partial charge is 0.0654 e. The van der Waals surface area contributed by atoms with Crippen molar-refractivity contribution in [3.63, 3.8) is 0 Å².